The van der Waals surface area contributed by atoms with Gasteiger partial charge in [0.1, 0.15) is 6.04 Å². The molecule has 0 aliphatic carbocycles. The Labute approximate surface area is 121 Å². The number of aliphatic carboxylic acids is 1. The summed E-state index contributed by atoms with van der Waals surface area (Å²) in [5, 5.41) is 11.6. The minimum Gasteiger partial charge on any atom is -0.480 e. The van der Waals surface area contributed by atoms with Gasteiger partial charge in [-0.05, 0) is 36.1 Å². The van der Waals surface area contributed by atoms with Crippen LogP contribution in [0.2, 0.25) is 0 Å². The van der Waals surface area contributed by atoms with Crippen molar-refractivity contribution in [2.24, 2.45) is 5.92 Å². The van der Waals surface area contributed by atoms with Crippen molar-refractivity contribution in [2.75, 3.05) is 0 Å². The molecule has 0 radical (unpaired) electrons. The summed E-state index contributed by atoms with van der Waals surface area (Å²) in [4.78, 5) is 22.9. The molecule has 1 aromatic rings. The molecule has 0 fully saturated rings. The van der Waals surface area contributed by atoms with Crippen LogP contribution in [0.15, 0.2) is 22.7 Å². The first-order valence-electron chi connectivity index (χ1n) is 6.08. The van der Waals surface area contributed by atoms with Crippen molar-refractivity contribution in [1.29, 1.82) is 0 Å². The topological polar surface area (TPSA) is 66.4 Å². The van der Waals surface area contributed by atoms with E-state index in [1.165, 1.54) is 0 Å². The number of hydrogen-bond acceptors (Lipinski definition) is 2. The number of aryl methyl sites for hydroxylation is 1. The number of hydrogen-bond donors (Lipinski definition) is 2. The molecule has 4 nitrogen and oxygen atoms in total. The van der Waals surface area contributed by atoms with Gasteiger partial charge in [-0.2, -0.15) is 0 Å². The monoisotopic (exact) mass is 327 g/mol. The highest BCUT2D eigenvalue weighted by Gasteiger charge is 2.23. The second-order valence-electron chi connectivity index (χ2n) is 4.88. The lowest BCUT2D eigenvalue weighted by Gasteiger charge is -2.18. The predicted octanol–water partition coefficient (Wildman–Crippen LogP) is 2.53. The van der Waals surface area contributed by atoms with Crippen molar-refractivity contribution in [3.8, 4) is 0 Å². The number of carboxylic acids is 1. The van der Waals surface area contributed by atoms with Crippen LogP contribution in [-0.2, 0) is 16.0 Å². The van der Waals surface area contributed by atoms with E-state index in [2.05, 4.69) is 21.2 Å². The van der Waals surface area contributed by atoms with Crippen LogP contribution in [0.1, 0.15) is 25.0 Å². The molecular formula is C14H18BrNO3. The highest BCUT2D eigenvalue weighted by Crippen LogP contribution is 2.16. The van der Waals surface area contributed by atoms with Crippen molar-refractivity contribution in [3.05, 3.63) is 33.8 Å². The molecule has 0 aliphatic heterocycles. The van der Waals surface area contributed by atoms with Crippen molar-refractivity contribution < 1.29 is 14.7 Å². The van der Waals surface area contributed by atoms with E-state index in [1.54, 1.807) is 13.8 Å². The zero-order valence-electron chi connectivity index (χ0n) is 11.2. The van der Waals surface area contributed by atoms with E-state index in [4.69, 9.17) is 5.11 Å². The molecule has 0 aromatic heterocycles. The maximum atomic E-state index is 11.9. The van der Waals surface area contributed by atoms with E-state index >= 15 is 0 Å². The van der Waals surface area contributed by atoms with Crippen LogP contribution in [0.25, 0.3) is 0 Å². The molecule has 1 aromatic carbocycles. The lowest BCUT2D eigenvalue weighted by molar-refractivity contribution is -0.143. The number of benzene rings is 1. The van der Waals surface area contributed by atoms with Crippen LogP contribution in [0.3, 0.4) is 0 Å². The van der Waals surface area contributed by atoms with Gasteiger partial charge in [0.15, 0.2) is 0 Å². The summed E-state index contributed by atoms with van der Waals surface area (Å²) in [5.41, 5.74) is 1.90. The fourth-order valence-corrected chi connectivity index (χ4v) is 2.24. The van der Waals surface area contributed by atoms with Gasteiger partial charge in [-0.1, -0.05) is 35.8 Å². The van der Waals surface area contributed by atoms with E-state index in [0.717, 1.165) is 15.6 Å². The SMILES string of the molecule is Cc1cc(Br)ccc1CC(=O)N[C@@H](C(=O)O)C(C)C. The first-order chi connectivity index (χ1) is 8.81. The molecule has 19 heavy (non-hydrogen) atoms. The second-order valence-corrected chi connectivity index (χ2v) is 5.79. The van der Waals surface area contributed by atoms with Crippen LogP contribution in [0.5, 0.6) is 0 Å². The average Bonchev–Trinajstić information content (AvgIpc) is 2.29. The summed E-state index contributed by atoms with van der Waals surface area (Å²) in [6.07, 6.45) is 0.190. The molecule has 0 unspecified atom stereocenters. The van der Waals surface area contributed by atoms with Gasteiger partial charge in [0.05, 0.1) is 6.42 Å². The third-order valence-corrected chi connectivity index (χ3v) is 3.40. The Morgan fingerprint density at radius 3 is 2.47 bits per heavy atom. The van der Waals surface area contributed by atoms with Crippen molar-refractivity contribution in [3.63, 3.8) is 0 Å². The number of amides is 1. The Kier molecular flexibility index (Phi) is 5.54. The van der Waals surface area contributed by atoms with Gasteiger partial charge < -0.3 is 10.4 Å². The van der Waals surface area contributed by atoms with E-state index in [9.17, 15) is 9.59 Å². The van der Waals surface area contributed by atoms with E-state index < -0.39 is 12.0 Å². The first-order valence-corrected chi connectivity index (χ1v) is 6.87. The highest BCUT2D eigenvalue weighted by molar-refractivity contribution is 9.10. The number of halogens is 1. The van der Waals surface area contributed by atoms with Gasteiger partial charge in [-0.15, -0.1) is 0 Å². The molecule has 0 spiro atoms. The molecule has 104 valence electrons. The molecule has 0 saturated heterocycles. The molecular weight excluding hydrogens is 310 g/mol. The maximum absolute atomic E-state index is 11.9. The minimum absolute atomic E-state index is 0.146. The fourth-order valence-electron chi connectivity index (χ4n) is 1.77. The third-order valence-electron chi connectivity index (χ3n) is 2.90. The summed E-state index contributed by atoms with van der Waals surface area (Å²) >= 11 is 3.36. The van der Waals surface area contributed by atoms with Gasteiger partial charge in [0.2, 0.25) is 5.91 Å². The molecule has 1 atom stereocenters. The van der Waals surface area contributed by atoms with Gasteiger partial charge >= 0.3 is 5.97 Å². The standard InChI is InChI=1S/C14H18BrNO3/c1-8(2)13(14(18)19)16-12(17)7-10-4-5-11(15)6-9(10)3/h4-6,8,13H,7H2,1-3H3,(H,16,17)(H,18,19)/t13-/m1/s1. The second kappa shape index (κ2) is 6.70. The third kappa shape index (κ3) is 4.67. The van der Waals surface area contributed by atoms with Crippen LogP contribution in [0, 0.1) is 12.8 Å². The van der Waals surface area contributed by atoms with E-state index in [1.807, 2.05) is 25.1 Å². The number of carbonyl (C=O) groups is 2. The molecule has 1 rings (SSSR count). The quantitative estimate of drug-likeness (QED) is 0.873. The van der Waals surface area contributed by atoms with Gasteiger partial charge in [0, 0.05) is 4.47 Å². The molecule has 0 aliphatic rings. The maximum Gasteiger partial charge on any atom is 0.326 e. The molecule has 0 saturated carbocycles. The largest absolute Gasteiger partial charge is 0.480 e. The summed E-state index contributed by atoms with van der Waals surface area (Å²) in [7, 11) is 0. The Hall–Kier alpha value is -1.36. The van der Waals surface area contributed by atoms with Crippen molar-refractivity contribution in [1.82, 2.24) is 5.32 Å². The summed E-state index contributed by atoms with van der Waals surface area (Å²) in [5.74, 6) is -1.42. The molecule has 2 N–H and O–H groups in total. The number of nitrogens with one attached hydrogen (secondary N) is 1. The van der Waals surface area contributed by atoms with Crippen LogP contribution < -0.4 is 5.32 Å². The van der Waals surface area contributed by atoms with Crippen LogP contribution in [0.4, 0.5) is 0 Å². The Balaban J connectivity index is 2.72. The van der Waals surface area contributed by atoms with Gasteiger partial charge in [-0.3, -0.25) is 4.79 Å². The molecule has 5 heteroatoms. The molecule has 1 amide bonds. The number of carbonyl (C=O) groups excluding carboxylic acids is 1. The smallest absolute Gasteiger partial charge is 0.326 e. The Morgan fingerprint density at radius 1 is 1.37 bits per heavy atom. The summed E-state index contributed by atoms with van der Waals surface area (Å²) in [6, 6.07) is 4.82. The predicted molar refractivity (Wildman–Crippen MR) is 77.0 cm³/mol. The van der Waals surface area contributed by atoms with Crippen LogP contribution >= 0.6 is 15.9 Å². The van der Waals surface area contributed by atoms with Crippen LogP contribution in [-0.4, -0.2) is 23.0 Å². The molecule has 0 bridgehead atoms. The zero-order valence-corrected chi connectivity index (χ0v) is 12.8. The van der Waals surface area contributed by atoms with E-state index in [-0.39, 0.29) is 18.2 Å². The van der Waals surface area contributed by atoms with Gasteiger partial charge in [0.25, 0.3) is 0 Å². The lowest BCUT2D eigenvalue weighted by atomic mass is 10.0. The highest BCUT2D eigenvalue weighted by atomic mass is 79.9. The fraction of sp³-hybridized carbons (Fsp3) is 0.429. The Bertz CT molecular complexity index is 486. The normalized spacial score (nSPS) is 12.3. The first kappa shape index (κ1) is 15.7. The summed E-state index contributed by atoms with van der Waals surface area (Å²) < 4.78 is 0.958. The zero-order chi connectivity index (χ0) is 14.6. The van der Waals surface area contributed by atoms with Crippen molar-refractivity contribution in [2.45, 2.75) is 33.2 Å². The number of rotatable bonds is 5. The van der Waals surface area contributed by atoms with Crippen molar-refractivity contribution >= 4 is 27.8 Å². The van der Waals surface area contributed by atoms with Gasteiger partial charge in [-0.25, -0.2) is 4.79 Å². The Morgan fingerprint density at radius 2 is 2.00 bits per heavy atom. The molecule has 0 heterocycles. The minimum atomic E-state index is -1.00. The number of carboxylic acid groups (broad SMARTS) is 1. The van der Waals surface area contributed by atoms with E-state index in [0.29, 0.717) is 0 Å². The lowest BCUT2D eigenvalue weighted by Crippen LogP contribution is -2.44. The average molecular weight is 328 g/mol. The summed E-state index contributed by atoms with van der Waals surface area (Å²) in [6.45, 7) is 5.46.